The maximum atomic E-state index is 5.88. The van der Waals surface area contributed by atoms with E-state index in [4.69, 9.17) is 15.2 Å². The van der Waals surface area contributed by atoms with Gasteiger partial charge in [-0.1, -0.05) is 24.3 Å². The molecular weight excluding hydrogens is 405 g/mol. The van der Waals surface area contributed by atoms with Crippen molar-refractivity contribution in [2.24, 2.45) is 10.7 Å². The minimum absolute atomic E-state index is 0. The first-order chi connectivity index (χ1) is 10.7. The second-order valence-corrected chi connectivity index (χ2v) is 4.61. The molecule has 6 heteroatoms. The molecule has 0 saturated carbocycles. The fourth-order valence-electron chi connectivity index (χ4n) is 1.97. The fourth-order valence-corrected chi connectivity index (χ4v) is 1.97. The van der Waals surface area contributed by atoms with Gasteiger partial charge in [-0.2, -0.15) is 0 Å². The number of rotatable bonds is 6. The van der Waals surface area contributed by atoms with Gasteiger partial charge in [0.25, 0.3) is 0 Å². The number of methoxy groups -OCH3 is 1. The van der Waals surface area contributed by atoms with E-state index >= 15 is 0 Å². The Labute approximate surface area is 153 Å². The van der Waals surface area contributed by atoms with Crippen LogP contribution in [-0.4, -0.2) is 19.7 Å². The fraction of sp³-hybridized carbons (Fsp3) is 0.235. The molecule has 0 fully saturated rings. The third-order valence-corrected chi connectivity index (χ3v) is 3.01. The van der Waals surface area contributed by atoms with Crippen LogP contribution in [0.1, 0.15) is 12.5 Å². The van der Waals surface area contributed by atoms with Gasteiger partial charge in [0.1, 0.15) is 0 Å². The topological polar surface area (TPSA) is 68.9 Å². The lowest BCUT2D eigenvalue weighted by atomic mass is 10.2. The molecule has 0 aromatic heterocycles. The third-order valence-electron chi connectivity index (χ3n) is 3.01. The number of hydrogen-bond acceptors (Lipinski definition) is 3. The second kappa shape index (κ2) is 9.94. The van der Waals surface area contributed by atoms with E-state index in [-0.39, 0.29) is 24.0 Å². The summed E-state index contributed by atoms with van der Waals surface area (Å²) < 4.78 is 10.8. The molecule has 0 amide bonds. The van der Waals surface area contributed by atoms with Crippen LogP contribution in [0.25, 0.3) is 0 Å². The van der Waals surface area contributed by atoms with Crippen molar-refractivity contribution in [2.45, 2.75) is 13.5 Å². The lowest BCUT2D eigenvalue weighted by Crippen LogP contribution is -2.22. The summed E-state index contributed by atoms with van der Waals surface area (Å²) in [5, 5.41) is 3.04. The first-order valence-electron chi connectivity index (χ1n) is 7.14. The van der Waals surface area contributed by atoms with E-state index in [2.05, 4.69) is 10.3 Å². The first-order valence-corrected chi connectivity index (χ1v) is 7.14. The number of guanidine groups is 1. The predicted molar refractivity (Wildman–Crippen MR) is 105 cm³/mol. The molecule has 124 valence electrons. The lowest BCUT2D eigenvalue weighted by Gasteiger charge is -2.10. The molecule has 2 rings (SSSR count). The van der Waals surface area contributed by atoms with Crippen molar-refractivity contribution in [1.82, 2.24) is 0 Å². The van der Waals surface area contributed by atoms with Crippen molar-refractivity contribution in [3.8, 4) is 11.5 Å². The van der Waals surface area contributed by atoms with Crippen LogP contribution in [0.2, 0.25) is 0 Å². The highest BCUT2D eigenvalue weighted by molar-refractivity contribution is 14.0. The molecule has 2 aromatic carbocycles. The number of anilines is 1. The van der Waals surface area contributed by atoms with E-state index in [1.165, 1.54) is 0 Å². The predicted octanol–water partition coefficient (Wildman–Crippen LogP) is 3.64. The minimum Gasteiger partial charge on any atom is -0.493 e. The van der Waals surface area contributed by atoms with Crippen molar-refractivity contribution in [3.63, 3.8) is 0 Å². The van der Waals surface area contributed by atoms with Crippen LogP contribution in [0.5, 0.6) is 11.5 Å². The van der Waals surface area contributed by atoms with Gasteiger partial charge in [-0.05, 0) is 36.8 Å². The van der Waals surface area contributed by atoms with E-state index in [9.17, 15) is 0 Å². The van der Waals surface area contributed by atoms with E-state index in [1.54, 1.807) is 7.11 Å². The molecule has 5 nitrogen and oxygen atoms in total. The minimum atomic E-state index is 0. The molecule has 0 atom stereocenters. The number of hydrogen-bond donors (Lipinski definition) is 2. The SMILES string of the molecule is CCOc1ccc(CN=C(N)Nc2ccccc2)cc1OC.I. The molecule has 0 aliphatic heterocycles. The Morgan fingerprint density at radius 1 is 1.13 bits per heavy atom. The molecule has 0 bridgehead atoms. The maximum absolute atomic E-state index is 5.88. The zero-order valence-electron chi connectivity index (χ0n) is 13.3. The quantitative estimate of drug-likeness (QED) is 0.420. The number of halogens is 1. The van der Waals surface area contributed by atoms with E-state index < -0.39 is 0 Å². The Kier molecular flexibility index (Phi) is 8.25. The molecule has 23 heavy (non-hydrogen) atoms. The summed E-state index contributed by atoms with van der Waals surface area (Å²) >= 11 is 0. The van der Waals surface area contributed by atoms with Gasteiger partial charge in [-0.25, -0.2) is 4.99 Å². The van der Waals surface area contributed by atoms with Crippen molar-refractivity contribution in [3.05, 3.63) is 54.1 Å². The van der Waals surface area contributed by atoms with Crippen LogP contribution in [-0.2, 0) is 6.54 Å². The number of nitrogens with two attached hydrogens (primary N) is 1. The summed E-state index contributed by atoms with van der Waals surface area (Å²) in [6, 6.07) is 15.4. The van der Waals surface area contributed by atoms with Gasteiger partial charge in [0.2, 0.25) is 0 Å². The summed E-state index contributed by atoms with van der Waals surface area (Å²) in [6.45, 7) is 3.00. The number of aliphatic imine (C=N–C) groups is 1. The molecule has 0 saturated heterocycles. The Hall–Kier alpha value is -1.96. The lowest BCUT2D eigenvalue weighted by molar-refractivity contribution is 0.310. The highest BCUT2D eigenvalue weighted by Crippen LogP contribution is 2.28. The van der Waals surface area contributed by atoms with Crippen LogP contribution in [0, 0.1) is 0 Å². The Morgan fingerprint density at radius 3 is 2.52 bits per heavy atom. The zero-order valence-corrected chi connectivity index (χ0v) is 15.6. The van der Waals surface area contributed by atoms with E-state index in [1.807, 2.05) is 55.5 Å². The van der Waals surface area contributed by atoms with Crippen molar-refractivity contribution >= 4 is 35.6 Å². The molecule has 0 aliphatic carbocycles. The largest absolute Gasteiger partial charge is 0.493 e. The normalized spacial score (nSPS) is 10.6. The van der Waals surface area contributed by atoms with Crippen LogP contribution in [0.3, 0.4) is 0 Å². The van der Waals surface area contributed by atoms with Crippen molar-refractivity contribution in [2.75, 3.05) is 19.0 Å². The molecule has 0 spiro atoms. The third kappa shape index (κ3) is 5.97. The average Bonchev–Trinajstić information content (AvgIpc) is 2.55. The Bertz CT molecular complexity index is 633. The zero-order chi connectivity index (χ0) is 15.8. The molecule has 0 unspecified atom stereocenters. The van der Waals surface area contributed by atoms with Gasteiger partial charge in [0.05, 0.1) is 20.3 Å². The molecular formula is C17H22IN3O2. The van der Waals surface area contributed by atoms with Gasteiger partial charge in [0, 0.05) is 5.69 Å². The number of para-hydroxylation sites is 1. The summed E-state index contributed by atoms with van der Waals surface area (Å²) in [5.74, 6) is 1.80. The van der Waals surface area contributed by atoms with Gasteiger partial charge in [-0.15, -0.1) is 24.0 Å². The highest BCUT2D eigenvalue weighted by Gasteiger charge is 2.05. The average molecular weight is 427 g/mol. The van der Waals surface area contributed by atoms with Crippen LogP contribution in [0.15, 0.2) is 53.5 Å². The maximum Gasteiger partial charge on any atom is 0.193 e. The molecule has 2 aromatic rings. The molecule has 0 radical (unpaired) electrons. The van der Waals surface area contributed by atoms with Crippen molar-refractivity contribution < 1.29 is 9.47 Å². The monoisotopic (exact) mass is 427 g/mol. The highest BCUT2D eigenvalue weighted by atomic mass is 127. The number of benzene rings is 2. The molecule has 0 heterocycles. The summed E-state index contributed by atoms with van der Waals surface area (Å²) in [5.41, 5.74) is 7.79. The Morgan fingerprint density at radius 2 is 1.87 bits per heavy atom. The van der Waals surface area contributed by atoms with Crippen LogP contribution >= 0.6 is 24.0 Å². The summed E-state index contributed by atoms with van der Waals surface area (Å²) in [7, 11) is 1.62. The van der Waals surface area contributed by atoms with E-state index in [0.29, 0.717) is 24.9 Å². The Balaban J connectivity index is 0.00000264. The standard InChI is InChI=1S/C17H21N3O2.HI/c1-3-22-15-10-9-13(11-16(15)21-2)12-19-17(18)20-14-7-5-4-6-8-14;/h4-11H,3,12H2,1-2H3,(H3,18,19,20);1H. The number of nitrogens with zero attached hydrogens (tertiary/aromatic N) is 1. The van der Waals surface area contributed by atoms with Crippen LogP contribution < -0.4 is 20.5 Å². The van der Waals surface area contributed by atoms with Gasteiger partial charge >= 0.3 is 0 Å². The molecule has 0 aliphatic rings. The number of ether oxygens (including phenoxy) is 2. The number of nitrogens with one attached hydrogen (secondary N) is 1. The van der Waals surface area contributed by atoms with E-state index in [0.717, 1.165) is 17.0 Å². The first kappa shape index (κ1) is 19.1. The van der Waals surface area contributed by atoms with Gasteiger partial charge in [0.15, 0.2) is 17.5 Å². The van der Waals surface area contributed by atoms with Gasteiger partial charge < -0.3 is 20.5 Å². The van der Waals surface area contributed by atoms with Gasteiger partial charge in [-0.3, -0.25) is 0 Å². The molecule has 3 N–H and O–H groups in total. The summed E-state index contributed by atoms with van der Waals surface area (Å²) in [6.07, 6.45) is 0. The van der Waals surface area contributed by atoms with Crippen LogP contribution in [0.4, 0.5) is 5.69 Å². The second-order valence-electron chi connectivity index (χ2n) is 4.61. The smallest absolute Gasteiger partial charge is 0.193 e. The summed E-state index contributed by atoms with van der Waals surface area (Å²) in [4.78, 5) is 4.33. The van der Waals surface area contributed by atoms with Crippen molar-refractivity contribution in [1.29, 1.82) is 0 Å².